The third-order valence-electron chi connectivity index (χ3n) is 4.81. The number of aromatic nitrogens is 2. The molecule has 2 aromatic rings. The second-order valence-corrected chi connectivity index (χ2v) is 6.66. The van der Waals surface area contributed by atoms with Crippen molar-refractivity contribution < 1.29 is 13.9 Å². The molecule has 1 atom stereocenters. The molecule has 3 rings (SSSR count). The van der Waals surface area contributed by atoms with E-state index in [9.17, 15) is 9.18 Å². The predicted octanol–water partition coefficient (Wildman–Crippen LogP) is 3.03. The van der Waals surface area contributed by atoms with Gasteiger partial charge in [0.2, 0.25) is 0 Å². The Hall–Kier alpha value is -2.21. The van der Waals surface area contributed by atoms with Gasteiger partial charge in [0.05, 0.1) is 0 Å². The van der Waals surface area contributed by atoms with Crippen molar-refractivity contribution >= 4 is 5.91 Å². The Morgan fingerprint density at radius 2 is 2.21 bits per heavy atom. The second-order valence-electron chi connectivity index (χ2n) is 6.66. The molecule has 0 radical (unpaired) electrons. The summed E-state index contributed by atoms with van der Waals surface area (Å²) in [6, 6.07) is 8.35. The lowest BCUT2D eigenvalue weighted by Gasteiger charge is -2.36. The quantitative estimate of drug-likeness (QED) is 0.865. The van der Waals surface area contributed by atoms with Crippen molar-refractivity contribution in [2.45, 2.75) is 38.5 Å². The number of benzene rings is 1. The molecule has 1 amide bonds. The average molecular weight is 331 g/mol. The predicted molar refractivity (Wildman–Crippen MR) is 88.1 cm³/mol. The van der Waals surface area contributed by atoms with Crippen LogP contribution in [-0.2, 0) is 11.5 Å². The fourth-order valence-electron chi connectivity index (χ4n) is 3.57. The van der Waals surface area contributed by atoms with Crippen molar-refractivity contribution in [3.8, 4) is 0 Å². The summed E-state index contributed by atoms with van der Waals surface area (Å²) < 4.78 is 20.2. The maximum Gasteiger partial charge on any atom is 0.274 e. The lowest BCUT2D eigenvalue weighted by Crippen LogP contribution is -2.45. The topological polar surface area (TPSA) is 47.4 Å². The number of ether oxygens (including phenoxy) is 1. The first-order chi connectivity index (χ1) is 11.4. The van der Waals surface area contributed by atoms with Crippen LogP contribution in [0.15, 0.2) is 36.5 Å². The van der Waals surface area contributed by atoms with Crippen LogP contribution >= 0.6 is 0 Å². The van der Waals surface area contributed by atoms with Crippen LogP contribution in [0.5, 0.6) is 0 Å². The average Bonchev–Trinajstić information content (AvgIpc) is 3.11. The van der Waals surface area contributed by atoms with E-state index in [0.29, 0.717) is 19.0 Å². The molecule has 1 aliphatic rings. The number of amides is 1. The molecular weight excluding hydrogens is 309 g/mol. The van der Waals surface area contributed by atoms with E-state index in [2.05, 4.69) is 5.10 Å². The van der Waals surface area contributed by atoms with Crippen molar-refractivity contribution in [3.63, 3.8) is 0 Å². The molecule has 1 aromatic carbocycles. The van der Waals surface area contributed by atoms with Crippen LogP contribution in [0.1, 0.15) is 42.2 Å². The van der Waals surface area contributed by atoms with Crippen LogP contribution in [0.4, 0.5) is 4.39 Å². The van der Waals surface area contributed by atoms with Gasteiger partial charge >= 0.3 is 0 Å². The lowest BCUT2D eigenvalue weighted by molar-refractivity contribution is 0.0624. The molecule has 0 spiro atoms. The van der Waals surface area contributed by atoms with Gasteiger partial charge in [-0.1, -0.05) is 12.1 Å². The summed E-state index contributed by atoms with van der Waals surface area (Å²) in [5.41, 5.74) is 0.927. The Kier molecular flexibility index (Phi) is 4.41. The first-order valence-corrected chi connectivity index (χ1v) is 8.03. The molecule has 0 N–H and O–H groups in total. The van der Waals surface area contributed by atoms with Gasteiger partial charge in [-0.15, -0.1) is 0 Å². The zero-order valence-corrected chi connectivity index (χ0v) is 14.2. The van der Waals surface area contributed by atoms with E-state index >= 15 is 0 Å². The standard InChI is InChI=1S/C18H22FN3O2/c1-18(2)15(13-5-4-6-14(19)11-13)7-10-22(18)17(23)16-8-9-21(20-16)12-24-3/h4-6,8-9,11,15H,7,10,12H2,1-3H3. The van der Waals surface area contributed by atoms with Crippen molar-refractivity contribution in [3.05, 3.63) is 53.6 Å². The number of likely N-dealkylation sites (tertiary alicyclic amines) is 1. The minimum Gasteiger partial charge on any atom is -0.362 e. The number of carbonyl (C=O) groups excluding carboxylic acids is 1. The first-order valence-electron chi connectivity index (χ1n) is 8.03. The van der Waals surface area contributed by atoms with Gasteiger partial charge in [-0.25, -0.2) is 9.07 Å². The van der Waals surface area contributed by atoms with Gasteiger partial charge in [-0.3, -0.25) is 4.79 Å². The summed E-state index contributed by atoms with van der Waals surface area (Å²) in [6.45, 7) is 4.99. The molecule has 1 aliphatic heterocycles. The van der Waals surface area contributed by atoms with Gasteiger partial charge < -0.3 is 9.64 Å². The Bertz CT molecular complexity index is 741. The van der Waals surface area contributed by atoms with Gasteiger partial charge in [0.15, 0.2) is 0 Å². The second kappa shape index (κ2) is 6.36. The highest BCUT2D eigenvalue weighted by atomic mass is 19.1. The van der Waals surface area contributed by atoms with E-state index in [-0.39, 0.29) is 17.6 Å². The van der Waals surface area contributed by atoms with Gasteiger partial charge in [-0.2, -0.15) is 5.10 Å². The summed E-state index contributed by atoms with van der Waals surface area (Å²) in [4.78, 5) is 14.7. The molecule has 24 heavy (non-hydrogen) atoms. The number of nitrogens with zero attached hydrogens (tertiary/aromatic N) is 3. The molecule has 6 heteroatoms. The molecule has 0 bridgehead atoms. The zero-order valence-electron chi connectivity index (χ0n) is 14.2. The maximum absolute atomic E-state index is 13.6. The minimum absolute atomic E-state index is 0.0956. The van der Waals surface area contributed by atoms with E-state index in [4.69, 9.17) is 4.74 Å². The highest BCUT2D eigenvalue weighted by Gasteiger charge is 2.45. The van der Waals surface area contributed by atoms with E-state index in [1.54, 1.807) is 36.2 Å². The van der Waals surface area contributed by atoms with Gasteiger partial charge in [0.1, 0.15) is 18.2 Å². The molecule has 5 nitrogen and oxygen atoms in total. The SMILES string of the molecule is COCn1ccc(C(=O)N2CCC(c3cccc(F)c3)C2(C)C)n1. The smallest absolute Gasteiger partial charge is 0.274 e. The Labute approximate surface area is 141 Å². The van der Waals surface area contributed by atoms with Crippen LogP contribution in [0.3, 0.4) is 0 Å². The van der Waals surface area contributed by atoms with E-state index in [1.165, 1.54) is 6.07 Å². The Morgan fingerprint density at radius 3 is 2.92 bits per heavy atom. The van der Waals surface area contributed by atoms with Crippen molar-refractivity contribution in [2.75, 3.05) is 13.7 Å². The molecule has 0 aliphatic carbocycles. The number of carbonyl (C=O) groups is 1. The van der Waals surface area contributed by atoms with E-state index < -0.39 is 5.54 Å². The van der Waals surface area contributed by atoms with Crippen LogP contribution in [0, 0.1) is 5.82 Å². The fraction of sp³-hybridized carbons (Fsp3) is 0.444. The summed E-state index contributed by atoms with van der Waals surface area (Å²) in [5, 5.41) is 4.26. The summed E-state index contributed by atoms with van der Waals surface area (Å²) in [6.07, 6.45) is 2.53. The summed E-state index contributed by atoms with van der Waals surface area (Å²) in [7, 11) is 1.58. The highest BCUT2D eigenvalue weighted by molar-refractivity contribution is 5.93. The van der Waals surface area contributed by atoms with E-state index in [1.807, 2.05) is 24.8 Å². The largest absolute Gasteiger partial charge is 0.362 e. The lowest BCUT2D eigenvalue weighted by atomic mass is 9.82. The third kappa shape index (κ3) is 2.94. The Morgan fingerprint density at radius 1 is 1.42 bits per heavy atom. The number of hydrogen-bond acceptors (Lipinski definition) is 3. The monoisotopic (exact) mass is 331 g/mol. The van der Waals surface area contributed by atoms with E-state index in [0.717, 1.165) is 12.0 Å². The van der Waals surface area contributed by atoms with Crippen LogP contribution in [0.2, 0.25) is 0 Å². The summed E-state index contributed by atoms with van der Waals surface area (Å²) in [5.74, 6) is -0.252. The number of hydrogen-bond donors (Lipinski definition) is 0. The van der Waals surface area contributed by atoms with Crippen molar-refractivity contribution in [1.29, 1.82) is 0 Å². The normalized spacial score (nSPS) is 19.7. The molecule has 1 saturated heterocycles. The number of rotatable bonds is 4. The number of methoxy groups -OCH3 is 1. The minimum atomic E-state index is -0.407. The van der Waals surface area contributed by atoms with Gasteiger partial charge in [0, 0.05) is 31.3 Å². The van der Waals surface area contributed by atoms with Crippen LogP contribution in [-0.4, -0.2) is 39.8 Å². The molecule has 0 saturated carbocycles. The molecule has 1 fully saturated rings. The zero-order chi connectivity index (χ0) is 17.3. The van der Waals surface area contributed by atoms with Crippen LogP contribution < -0.4 is 0 Å². The molecule has 1 aromatic heterocycles. The van der Waals surface area contributed by atoms with Crippen molar-refractivity contribution in [2.24, 2.45) is 0 Å². The van der Waals surface area contributed by atoms with Crippen molar-refractivity contribution in [1.82, 2.24) is 14.7 Å². The fourth-order valence-corrected chi connectivity index (χ4v) is 3.57. The Balaban J connectivity index is 1.83. The van der Waals surface area contributed by atoms with Gasteiger partial charge in [-0.05, 0) is 44.0 Å². The highest BCUT2D eigenvalue weighted by Crippen LogP contribution is 2.42. The molecule has 128 valence electrons. The van der Waals surface area contributed by atoms with Crippen LogP contribution in [0.25, 0.3) is 0 Å². The summed E-state index contributed by atoms with van der Waals surface area (Å²) >= 11 is 0. The first kappa shape index (κ1) is 16.6. The molecule has 2 heterocycles. The molecule has 1 unspecified atom stereocenters. The number of halogens is 1. The third-order valence-corrected chi connectivity index (χ3v) is 4.81. The van der Waals surface area contributed by atoms with Gasteiger partial charge in [0.25, 0.3) is 5.91 Å². The molecular formula is C18H22FN3O2. The maximum atomic E-state index is 13.6.